The second kappa shape index (κ2) is 8.25. The van der Waals surface area contributed by atoms with Crippen LogP contribution in [0.5, 0.6) is 0 Å². The number of nitrogens with one attached hydrogen (secondary N) is 1. The third-order valence-corrected chi connectivity index (χ3v) is 6.92. The molecule has 0 radical (unpaired) electrons. The van der Waals surface area contributed by atoms with Crippen molar-refractivity contribution >= 4 is 11.8 Å². The van der Waals surface area contributed by atoms with Gasteiger partial charge in [-0.15, -0.1) is 0 Å². The molecule has 1 atom stereocenters. The lowest BCUT2D eigenvalue weighted by Crippen LogP contribution is -2.63. The quantitative estimate of drug-likeness (QED) is 0.807. The van der Waals surface area contributed by atoms with E-state index in [2.05, 4.69) is 31.3 Å². The summed E-state index contributed by atoms with van der Waals surface area (Å²) in [4.78, 5) is 28.8. The monoisotopic (exact) mass is 404 g/mol. The van der Waals surface area contributed by atoms with Crippen molar-refractivity contribution in [1.29, 1.82) is 0 Å². The van der Waals surface area contributed by atoms with Crippen LogP contribution in [0, 0.1) is 12.8 Å². The summed E-state index contributed by atoms with van der Waals surface area (Å²) in [6.07, 6.45) is 4.87. The fraction of sp³-hybridized carbons (Fsp3) is 0.462. The molecule has 1 fully saturated rings. The molecule has 2 aromatic carbocycles. The van der Waals surface area contributed by atoms with E-state index < -0.39 is 5.54 Å². The van der Waals surface area contributed by atoms with Crippen LogP contribution in [0.25, 0.3) is 0 Å². The Kier molecular flexibility index (Phi) is 5.68. The molecule has 1 aliphatic carbocycles. The molecule has 2 aromatic rings. The lowest BCUT2D eigenvalue weighted by molar-refractivity contribution is -0.133. The van der Waals surface area contributed by atoms with Gasteiger partial charge in [-0.2, -0.15) is 0 Å². The second-order valence-electron chi connectivity index (χ2n) is 9.41. The van der Waals surface area contributed by atoms with Gasteiger partial charge in [0.25, 0.3) is 5.91 Å². The van der Waals surface area contributed by atoms with E-state index in [4.69, 9.17) is 0 Å². The Bertz CT molecular complexity index is 928. The molecule has 158 valence electrons. The number of hydrogen-bond donors (Lipinski definition) is 1. The smallest absolute Gasteiger partial charge is 0.255 e. The molecular formula is C26H32N2O2. The zero-order valence-corrected chi connectivity index (χ0v) is 18.3. The molecule has 30 heavy (non-hydrogen) atoms. The maximum Gasteiger partial charge on any atom is 0.255 e. The van der Waals surface area contributed by atoms with Crippen LogP contribution in [0.15, 0.2) is 48.5 Å². The third kappa shape index (κ3) is 4.00. The van der Waals surface area contributed by atoms with Crippen LogP contribution in [0.3, 0.4) is 0 Å². The van der Waals surface area contributed by atoms with E-state index in [9.17, 15) is 9.59 Å². The van der Waals surface area contributed by atoms with Gasteiger partial charge in [0, 0.05) is 24.6 Å². The number of aryl methyl sites for hydroxylation is 1. The summed E-state index contributed by atoms with van der Waals surface area (Å²) in [6.45, 7) is 6.68. The third-order valence-electron chi connectivity index (χ3n) is 6.92. The van der Waals surface area contributed by atoms with Crippen LogP contribution in [0.4, 0.5) is 0 Å². The molecule has 0 saturated heterocycles. The minimum Gasteiger partial charge on any atom is -0.351 e. The number of nitrogens with zero attached hydrogens (tertiary/aromatic N) is 1. The predicted octanol–water partition coefficient (Wildman–Crippen LogP) is 4.65. The molecule has 1 aliphatic heterocycles. The van der Waals surface area contributed by atoms with Crippen LogP contribution in [0.1, 0.15) is 66.6 Å². The first-order valence-corrected chi connectivity index (χ1v) is 11.1. The summed E-state index contributed by atoms with van der Waals surface area (Å²) >= 11 is 0. The van der Waals surface area contributed by atoms with Crippen molar-refractivity contribution in [3.8, 4) is 0 Å². The zero-order valence-electron chi connectivity index (χ0n) is 18.3. The lowest BCUT2D eigenvalue weighted by Gasteiger charge is -2.45. The fourth-order valence-electron chi connectivity index (χ4n) is 4.79. The van der Waals surface area contributed by atoms with Gasteiger partial charge in [0.15, 0.2) is 0 Å². The number of carbonyl (C=O) groups is 2. The summed E-state index contributed by atoms with van der Waals surface area (Å²) in [5, 5.41) is 3.29. The number of amides is 2. The number of fused-ring (bicyclic) bond motifs is 1. The van der Waals surface area contributed by atoms with Gasteiger partial charge in [0.2, 0.25) is 5.91 Å². The largest absolute Gasteiger partial charge is 0.351 e. The van der Waals surface area contributed by atoms with Gasteiger partial charge in [-0.1, -0.05) is 55.0 Å². The molecule has 0 aromatic heterocycles. The Morgan fingerprint density at radius 3 is 2.43 bits per heavy atom. The molecule has 4 nitrogen and oxygen atoms in total. The number of benzene rings is 2. The van der Waals surface area contributed by atoms with Crippen LogP contribution < -0.4 is 5.32 Å². The summed E-state index contributed by atoms with van der Waals surface area (Å²) in [5.74, 6) is 0.638. The molecule has 1 N–H and O–H groups in total. The minimum absolute atomic E-state index is 0.0305. The topological polar surface area (TPSA) is 49.4 Å². The Labute approximate surface area is 179 Å². The maximum atomic E-state index is 13.6. The molecule has 0 unspecified atom stereocenters. The van der Waals surface area contributed by atoms with Crippen molar-refractivity contribution in [3.63, 3.8) is 0 Å². The van der Waals surface area contributed by atoms with Gasteiger partial charge in [-0.3, -0.25) is 9.59 Å². The fourth-order valence-corrected chi connectivity index (χ4v) is 4.79. The van der Waals surface area contributed by atoms with Gasteiger partial charge < -0.3 is 10.2 Å². The Morgan fingerprint density at radius 1 is 1.07 bits per heavy atom. The molecule has 2 aliphatic rings. The standard InChI is InChI=1S/C26H32N2O2/c1-18-8-12-20(13-9-18)17-28-24(29)23-7-5-4-6-21(23)16-26(28,3)25(30)27-22-14-10-19(2)11-15-22/h4-9,12-13,19,22H,10-11,14-17H2,1-3H3,(H,27,30)/t19?,22?,26-/m0/s1. The summed E-state index contributed by atoms with van der Waals surface area (Å²) in [5.41, 5.74) is 2.98. The zero-order chi connectivity index (χ0) is 21.3. The predicted molar refractivity (Wildman–Crippen MR) is 119 cm³/mol. The highest BCUT2D eigenvalue weighted by Crippen LogP contribution is 2.33. The van der Waals surface area contributed by atoms with E-state index in [1.807, 2.05) is 43.3 Å². The van der Waals surface area contributed by atoms with Crippen molar-refractivity contribution in [2.45, 2.75) is 71.0 Å². The minimum atomic E-state index is -0.903. The van der Waals surface area contributed by atoms with Crippen molar-refractivity contribution in [2.24, 2.45) is 5.92 Å². The molecule has 2 amide bonds. The SMILES string of the molecule is Cc1ccc(CN2C(=O)c3ccccc3C[C@@]2(C)C(=O)NC2CCC(C)CC2)cc1. The van der Waals surface area contributed by atoms with Gasteiger partial charge in [0.05, 0.1) is 0 Å². The van der Waals surface area contributed by atoms with E-state index in [1.165, 1.54) is 5.56 Å². The van der Waals surface area contributed by atoms with Gasteiger partial charge >= 0.3 is 0 Å². The van der Waals surface area contributed by atoms with E-state index in [1.54, 1.807) is 4.90 Å². The van der Waals surface area contributed by atoms with Crippen LogP contribution in [-0.4, -0.2) is 28.3 Å². The Balaban J connectivity index is 1.63. The highest BCUT2D eigenvalue weighted by atomic mass is 16.2. The van der Waals surface area contributed by atoms with E-state index in [0.29, 0.717) is 18.5 Å². The summed E-state index contributed by atoms with van der Waals surface area (Å²) < 4.78 is 0. The van der Waals surface area contributed by atoms with Crippen LogP contribution in [-0.2, 0) is 17.8 Å². The normalized spacial score (nSPS) is 26.2. The Morgan fingerprint density at radius 2 is 1.73 bits per heavy atom. The van der Waals surface area contributed by atoms with Crippen molar-refractivity contribution in [2.75, 3.05) is 0 Å². The average Bonchev–Trinajstić information content (AvgIpc) is 2.74. The van der Waals surface area contributed by atoms with Crippen molar-refractivity contribution in [1.82, 2.24) is 10.2 Å². The molecule has 4 heteroatoms. The molecule has 1 heterocycles. The van der Waals surface area contributed by atoms with Gasteiger partial charge in [-0.05, 0) is 62.6 Å². The highest BCUT2D eigenvalue weighted by Gasteiger charge is 2.47. The van der Waals surface area contributed by atoms with Crippen LogP contribution >= 0.6 is 0 Å². The van der Waals surface area contributed by atoms with Crippen LogP contribution in [0.2, 0.25) is 0 Å². The molecule has 4 rings (SSSR count). The highest BCUT2D eigenvalue weighted by molar-refractivity contribution is 6.02. The first kappa shape index (κ1) is 20.6. The van der Waals surface area contributed by atoms with E-state index in [-0.39, 0.29) is 17.9 Å². The van der Waals surface area contributed by atoms with E-state index in [0.717, 1.165) is 42.7 Å². The second-order valence-corrected chi connectivity index (χ2v) is 9.41. The number of hydrogen-bond acceptors (Lipinski definition) is 2. The molecule has 0 bridgehead atoms. The first-order chi connectivity index (χ1) is 14.4. The van der Waals surface area contributed by atoms with Gasteiger partial charge in [0.1, 0.15) is 5.54 Å². The first-order valence-electron chi connectivity index (χ1n) is 11.1. The summed E-state index contributed by atoms with van der Waals surface area (Å²) in [6, 6.07) is 16.1. The summed E-state index contributed by atoms with van der Waals surface area (Å²) in [7, 11) is 0. The van der Waals surface area contributed by atoms with Crippen molar-refractivity contribution < 1.29 is 9.59 Å². The molecule has 1 saturated carbocycles. The van der Waals surface area contributed by atoms with E-state index >= 15 is 0 Å². The lowest BCUT2D eigenvalue weighted by atomic mass is 9.81. The number of carbonyl (C=O) groups excluding carboxylic acids is 2. The van der Waals surface area contributed by atoms with Gasteiger partial charge in [-0.25, -0.2) is 0 Å². The number of rotatable bonds is 4. The molecular weight excluding hydrogens is 372 g/mol. The van der Waals surface area contributed by atoms with Crippen molar-refractivity contribution in [3.05, 3.63) is 70.8 Å². The maximum absolute atomic E-state index is 13.6. The Hall–Kier alpha value is -2.62. The molecule has 0 spiro atoms. The average molecular weight is 405 g/mol.